The molecule has 1 aromatic heterocycles. The third-order valence-corrected chi connectivity index (χ3v) is 2.33. The Bertz CT molecular complexity index is 546. The zero-order valence-electron chi connectivity index (χ0n) is 8.78. The molecule has 0 aliphatic carbocycles. The summed E-state index contributed by atoms with van der Waals surface area (Å²) in [5.41, 5.74) is -0.842. The molecule has 0 amide bonds. The van der Waals surface area contributed by atoms with Gasteiger partial charge in [-0.15, -0.1) is 5.10 Å². The molecule has 0 radical (unpaired) electrons. The van der Waals surface area contributed by atoms with Crippen LogP contribution in [-0.2, 0) is 6.18 Å². The lowest BCUT2D eigenvalue weighted by Gasteiger charge is -2.10. The standard InChI is InChI=1S/C11H6ClF3N2O/c12-8-4-3-7(11(13,14)15)6-9(8)18-10-2-1-5-16-17-10/h1-6H. The summed E-state index contributed by atoms with van der Waals surface area (Å²) in [5, 5.41) is 7.20. The number of hydrogen-bond donors (Lipinski definition) is 0. The van der Waals surface area contributed by atoms with Gasteiger partial charge in [-0.25, -0.2) is 0 Å². The normalized spacial score (nSPS) is 11.3. The van der Waals surface area contributed by atoms with Crippen molar-refractivity contribution in [2.45, 2.75) is 6.18 Å². The van der Waals surface area contributed by atoms with Crippen LogP contribution >= 0.6 is 11.6 Å². The van der Waals surface area contributed by atoms with Crippen LogP contribution < -0.4 is 4.74 Å². The van der Waals surface area contributed by atoms with Gasteiger partial charge in [0.15, 0.2) is 0 Å². The van der Waals surface area contributed by atoms with E-state index in [4.69, 9.17) is 16.3 Å². The Morgan fingerprint density at radius 2 is 1.94 bits per heavy atom. The second-order valence-electron chi connectivity index (χ2n) is 3.31. The topological polar surface area (TPSA) is 35.0 Å². The van der Waals surface area contributed by atoms with Crippen LogP contribution in [0.15, 0.2) is 36.5 Å². The highest BCUT2D eigenvalue weighted by Gasteiger charge is 2.31. The maximum atomic E-state index is 12.5. The van der Waals surface area contributed by atoms with E-state index in [9.17, 15) is 13.2 Å². The van der Waals surface area contributed by atoms with Crippen molar-refractivity contribution in [2.75, 3.05) is 0 Å². The Labute approximate surface area is 105 Å². The zero-order chi connectivity index (χ0) is 13.2. The molecule has 0 N–H and O–H groups in total. The van der Waals surface area contributed by atoms with Crippen molar-refractivity contribution in [3.63, 3.8) is 0 Å². The average Bonchev–Trinajstić information content (AvgIpc) is 2.32. The highest BCUT2D eigenvalue weighted by Crippen LogP contribution is 2.36. The highest BCUT2D eigenvalue weighted by atomic mass is 35.5. The van der Waals surface area contributed by atoms with Crippen molar-refractivity contribution in [1.29, 1.82) is 0 Å². The quantitative estimate of drug-likeness (QED) is 0.832. The van der Waals surface area contributed by atoms with E-state index in [-0.39, 0.29) is 16.7 Å². The molecular weight excluding hydrogens is 269 g/mol. The largest absolute Gasteiger partial charge is 0.436 e. The number of aromatic nitrogens is 2. The molecule has 1 heterocycles. The van der Waals surface area contributed by atoms with Gasteiger partial charge in [-0.1, -0.05) is 11.6 Å². The predicted octanol–water partition coefficient (Wildman–Crippen LogP) is 3.94. The molecule has 1 aromatic carbocycles. The van der Waals surface area contributed by atoms with E-state index in [2.05, 4.69) is 10.2 Å². The number of halogens is 4. The third kappa shape index (κ3) is 2.89. The van der Waals surface area contributed by atoms with Crippen LogP contribution in [0, 0.1) is 0 Å². The summed E-state index contributed by atoms with van der Waals surface area (Å²) in [5.74, 6) is -0.0503. The first kappa shape index (κ1) is 12.6. The Kier molecular flexibility index (Phi) is 3.38. The summed E-state index contributed by atoms with van der Waals surface area (Å²) in [6, 6.07) is 5.83. The molecule has 18 heavy (non-hydrogen) atoms. The van der Waals surface area contributed by atoms with Gasteiger partial charge in [0.2, 0.25) is 5.88 Å². The smallest absolute Gasteiger partial charge is 0.416 e. The molecule has 0 atom stereocenters. The van der Waals surface area contributed by atoms with E-state index in [0.717, 1.165) is 18.2 Å². The van der Waals surface area contributed by atoms with Gasteiger partial charge in [0, 0.05) is 12.3 Å². The van der Waals surface area contributed by atoms with Crippen LogP contribution in [0.25, 0.3) is 0 Å². The molecule has 7 heteroatoms. The van der Waals surface area contributed by atoms with E-state index < -0.39 is 11.7 Å². The first-order valence-corrected chi connectivity index (χ1v) is 5.17. The SMILES string of the molecule is FC(F)(F)c1ccc(Cl)c(Oc2cccnn2)c1. The second-order valence-corrected chi connectivity index (χ2v) is 3.71. The lowest BCUT2D eigenvalue weighted by Crippen LogP contribution is -2.04. The lowest BCUT2D eigenvalue weighted by molar-refractivity contribution is -0.137. The van der Waals surface area contributed by atoms with Crippen LogP contribution in [0.2, 0.25) is 5.02 Å². The van der Waals surface area contributed by atoms with Crippen molar-refractivity contribution in [3.05, 3.63) is 47.1 Å². The Morgan fingerprint density at radius 1 is 1.17 bits per heavy atom. The van der Waals surface area contributed by atoms with Gasteiger partial charge in [-0.05, 0) is 24.3 Å². The summed E-state index contributed by atoms with van der Waals surface area (Å²) in [7, 11) is 0. The Morgan fingerprint density at radius 3 is 2.56 bits per heavy atom. The van der Waals surface area contributed by atoms with Crippen molar-refractivity contribution in [1.82, 2.24) is 10.2 Å². The van der Waals surface area contributed by atoms with Crippen molar-refractivity contribution in [2.24, 2.45) is 0 Å². The van der Waals surface area contributed by atoms with E-state index >= 15 is 0 Å². The molecule has 0 aliphatic heterocycles. The molecule has 0 saturated carbocycles. The molecule has 2 rings (SSSR count). The van der Waals surface area contributed by atoms with Crippen molar-refractivity contribution < 1.29 is 17.9 Å². The van der Waals surface area contributed by atoms with Crippen molar-refractivity contribution in [3.8, 4) is 11.6 Å². The molecule has 2 aromatic rings. The Balaban J connectivity index is 2.33. The van der Waals surface area contributed by atoms with Gasteiger partial charge in [0.1, 0.15) is 5.75 Å². The van der Waals surface area contributed by atoms with E-state index in [1.165, 1.54) is 12.3 Å². The van der Waals surface area contributed by atoms with E-state index in [1.54, 1.807) is 6.07 Å². The Hall–Kier alpha value is -1.82. The van der Waals surface area contributed by atoms with Crippen LogP contribution in [0.4, 0.5) is 13.2 Å². The summed E-state index contributed by atoms with van der Waals surface area (Å²) in [6.45, 7) is 0. The third-order valence-electron chi connectivity index (χ3n) is 2.02. The highest BCUT2D eigenvalue weighted by molar-refractivity contribution is 6.32. The molecule has 3 nitrogen and oxygen atoms in total. The van der Waals surface area contributed by atoms with Crippen LogP contribution in [0.5, 0.6) is 11.6 Å². The molecule has 0 saturated heterocycles. The molecular formula is C11H6ClF3N2O. The molecule has 94 valence electrons. The van der Waals surface area contributed by atoms with Crippen LogP contribution in [-0.4, -0.2) is 10.2 Å². The van der Waals surface area contributed by atoms with Crippen LogP contribution in [0.1, 0.15) is 5.56 Å². The lowest BCUT2D eigenvalue weighted by atomic mass is 10.2. The molecule has 0 bridgehead atoms. The van der Waals surface area contributed by atoms with Gasteiger partial charge < -0.3 is 4.74 Å². The summed E-state index contributed by atoms with van der Waals surface area (Å²) in [6.07, 6.45) is -3.04. The van der Waals surface area contributed by atoms with Gasteiger partial charge >= 0.3 is 6.18 Å². The summed E-state index contributed by atoms with van der Waals surface area (Å²) >= 11 is 5.76. The van der Waals surface area contributed by atoms with E-state index in [0.29, 0.717) is 0 Å². The molecule has 0 spiro atoms. The number of ether oxygens (including phenoxy) is 1. The molecule has 0 fully saturated rings. The maximum Gasteiger partial charge on any atom is 0.416 e. The van der Waals surface area contributed by atoms with Gasteiger partial charge in [-0.2, -0.15) is 18.3 Å². The number of alkyl halides is 3. The fourth-order valence-electron chi connectivity index (χ4n) is 1.21. The number of rotatable bonds is 2. The zero-order valence-corrected chi connectivity index (χ0v) is 9.53. The minimum absolute atomic E-state index is 0.0636. The minimum Gasteiger partial charge on any atom is -0.436 e. The predicted molar refractivity (Wildman–Crippen MR) is 58.6 cm³/mol. The monoisotopic (exact) mass is 274 g/mol. The number of nitrogens with zero attached hydrogens (tertiary/aromatic N) is 2. The fourth-order valence-corrected chi connectivity index (χ4v) is 1.37. The maximum absolute atomic E-state index is 12.5. The first-order chi connectivity index (χ1) is 8.47. The first-order valence-electron chi connectivity index (χ1n) is 4.79. The number of benzene rings is 1. The molecule has 0 unspecified atom stereocenters. The fraction of sp³-hybridized carbons (Fsp3) is 0.0909. The number of hydrogen-bond acceptors (Lipinski definition) is 3. The molecule has 0 aliphatic rings. The van der Waals surface area contributed by atoms with Gasteiger partial charge in [0.05, 0.1) is 10.6 Å². The second kappa shape index (κ2) is 4.81. The average molecular weight is 275 g/mol. The summed E-state index contributed by atoms with van der Waals surface area (Å²) < 4.78 is 42.7. The van der Waals surface area contributed by atoms with Crippen molar-refractivity contribution >= 4 is 11.6 Å². The van der Waals surface area contributed by atoms with Gasteiger partial charge in [-0.3, -0.25) is 0 Å². The van der Waals surface area contributed by atoms with E-state index in [1.807, 2.05) is 0 Å². The van der Waals surface area contributed by atoms with Gasteiger partial charge in [0.25, 0.3) is 0 Å². The van der Waals surface area contributed by atoms with Crippen LogP contribution in [0.3, 0.4) is 0 Å². The minimum atomic E-state index is -4.45. The summed E-state index contributed by atoms with van der Waals surface area (Å²) in [4.78, 5) is 0.